The molecule has 1 fully saturated rings. The lowest BCUT2D eigenvalue weighted by molar-refractivity contribution is 0.0658. The zero-order valence-electron chi connectivity index (χ0n) is 23.1. The van der Waals surface area contributed by atoms with Crippen LogP contribution < -0.4 is 15.0 Å². The van der Waals surface area contributed by atoms with Crippen LogP contribution in [-0.2, 0) is 12.8 Å². The molecule has 41 heavy (non-hydrogen) atoms. The maximum Gasteiger partial charge on any atom is 0.322 e. The van der Waals surface area contributed by atoms with Gasteiger partial charge < -0.3 is 24.8 Å². The number of anilines is 2. The number of ether oxygens (including phenoxy) is 1. The predicted molar refractivity (Wildman–Crippen MR) is 154 cm³/mol. The van der Waals surface area contributed by atoms with Crippen LogP contribution in [0.2, 0.25) is 0 Å². The van der Waals surface area contributed by atoms with Crippen LogP contribution in [0.15, 0.2) is 54.9 Å². The van der Waals surface area contributed by atoms with Crippen molar-refractivity contribution in [2.24, 2.45) is 0 Å². The Morgan fingerprint density at radius 2 is 1.85 bits per heavy atom. The molecule has 1 atom stereocenters. The van der Waals surface area contributed by atoms with E-state index in [1.54, 1.807) is 18.1 Å². The minimum atomic E-state index is -0.293. The van der Waals surface area contributed by atoms with Crippen molar-refractivity contribution in [3.05, 3.63) is 77.2 Å². The minimum Gasteiger partial charge on any atom is -0.497 e. The Kier molecular flexibility index (Phi) is 7.42. The summed E-state index contributed by atoms with van der Waals surface area (Å²) in [5.41, 5.74) is 4.46. The zero-order valence-corrected chi connectivity index (χ0v) is 23.1. The fourth-order valence-electron chi connectivity index (χ4n) is 6.30. The van der Waals surface area contributed by atoms with E-state index < -0.39 is 0 Å². The van der Waals surface area contributed by atoms with Gasteiger partial charge in [0.1, 0.15) is 23.6 Å². The van der Waals surface area contributed by atoms with E-state index in [0.717, 1.165) is 48.2 Å². The van der Waals surface area contributed by atoms with Gasteiger partial charge in [-0.15, -0.1) is 0 Å². The molecule has 3 aliphatic rings. The summed E-state index contributed by atoms with van der Waals surface area (Å²) >= 11 is 0. The molecule has 1 saturated heterocycles. The predicted octanol–water partition coefficient (Wildman–Crippen LogP) is 4.20. The van der Waals surface area contributed by atoms with E-state index in [9.17, 15) is 14.9 Å². The Morgan fingerprint density at radius 1 is 1.05 bits per heavy atom. The number of aromatic nitrogens is 2. The quantitative estimate of drug-likeness (QED) is 0.506. The molecule has 0 radical (unpaired) electrons. The van der Waals surface area contributed by atoms with Crippen molar-refractivity contribution >= 4 is 23.4 Å². The topological polar surface area (TPSA) is 115 Å². The van der Waals surface area contributed by atoms with Gasteiger partial charge in [0.2, 0.25) is 0 Å². The molecule has 1 N–H and O–H groups in total. The highest BCUT2D eigenvalue weighted by Gasteiger charge is 2.33. The molecule has 6 rings (SSSR count). The number of fused-ring (bicyclic) bond motifs is 2. The number of urea groups is 1. The number of piperidine rings is 1. The van der Waals surface area contributed by atoms with Crippen molar-refractivity contribution in [1.29, 1.82) is 5.26 Å². The Bertz CT molecular complexity index is 1500. The van der Waals surface area contributed by atoms with Crippen molar-refractivity contribution in [2.45, 2.75) is 44.2 Å². The number of benzene rings is 2. The normalized spacial score (nSPS) is 19.0. The van der Waals surface area contributed by atoms with Gasteiger partial charge in [0.15, 0.2) is 0 Å². The number of nitrogens with zero attached hydrogens (tertiary/aromatic N) is 6. The van der Waals surface area contributed by atoms with Gasteiger partial charge in [0, 0.05) is 44.0 Å². The number of nitrogens with one attached hydrogen (secondary N) is 1. The fraction of sp³-hybridized carbons (Fsp3) is 0.387. The highest BCUT2D eigenvalue weighted by molar-refractivity contribution is 5.93. The molecule has 1 unspecified atom stereocenters. The number of methoxy groups -OCH3 is 1. The monoisotopic (exact) mass is 551 g/mol. The molecular formula is C31H33N7O3. The maximum atomic E-state index is 13.6. The van der Waals surface area contributed by atoms with Crippen LogP contribution in [-0.4, -0.2) is 71.0 Å². The molecule has 0 bridgehead atoms. The number of carbonyl (C=O) groups excluding carboxylic acids is 2. The van der Waals surface area contributed by atoms with Gasteiger partial charge in [-0.3, -0.25) is 4.79 Å². The third-order valence-electron chi connectivity index (χ3n) is 8.50. The molecular weight excluding hydrogens is 518 g/mol. The lowest BCUT2D eigenvalue weighted by Crippen LogP contribution is -2.49. The number of hydrogen-bond donors (Lipinski definition) is 1. The van der Waals surface area contributed by atoms with Crippen molar-refractivity contribution < 1.29 is 14.3 Å². The maximum absolute atomic E-state index is 13.6. The zero-order chi connectivity index (χ0) is 28.3. The lowest BCUT2D eigenvalue weighted by atomic mass is 9.91. The molecule has 10 nitrogen and oxygen atoms in total. The molecule has 2 aromatic carbocycles. The molecule has 0 aliphatic carbocycles. The van der Waals surface area contributed by atoms with Crippen LogP contribution in [0, 0.1) is 11.3 Å². The van der Waals surface area contributed by atoms with Crippen LogP contribution >= 0.6 is 0 Å². The van der Waals surface area contributed by atoms with Gasteiger partial charge in [-0.25, -0.2) is 14.8 Å². The van der Waals surface area contributed by atoms with Crippen molar-refractivity contribution in [2.75, 3.05) is 43.5 Å². The molecule has 1 aromatic heterocycles. The highest BCUT2D eigenvalue weighted by atomic mass is 16.5. The Balaban J connectivity index is 1.12. The first-order chi connectivity index (χ1) is 20.1. The van der Waals surface area contributed by atoms with E-state index in [-0.39, 0.29) is 30.4 Å². The Labute approximate surface area is 239 Å². The molecule has 0 saturated carbocycles. The van der Waals surface area contributed by atoms with Crippen LogP contribution in [0.5, 0.6) is 5.75 Å². The summed E-state index contributed by atoms with van der Waals surface area (Å²) in [6.45, 7) is 2.62. The van der Waals surface area contributed by atoms with E-state index in [1.165, 1.54) is 11.9 Å². The molecule has 0 spiro atoms. The van der Waals surface area contributed by atoms with Crippen molar-refractivity contribution in [3.8, 4) is 11.8 Å². The largest absolute Gasteiger partial charge is 0.497 e. The summed E-state index contributed by atoms with van der Waals surface area (Å²) < 4.78 is 5.35. The molecule has 4 heterocycles. The van der Waals surface area contributed by atoms with Gasteiger partial charge in [0.05, 0.1) is 25.6 Å². The van der Waals surface area contributed by atoms with Crippen molar-refractivity contribution in [1.82, 2.24) is 19.8 Å². The first-order valence-corrected chi connectivity index (χ1v) is 14.1. The van der Waals surface area contributed by atoms with Gasteiger partial charge in [0.25, 0.3) is 5.91 Å². The van der Waals surface area contributed by atoms with E-state index in [4.69, 9.17) is 4.74 Å². The third-order valence-corrected chi connectivity index (χ3v) is 8.50. The fourth-order valence-corrected chi connectivity index (χ4v) is 6.30. The summed E-state index contributed by atoms with van der Waals surface area (Å²) in [5, 5.41) is 12.6. The van der Waals surface area contributed by atoms with Crippen LogP contribution in [0.1, 0.15) is 52.5 Å². The van der Waals surface area contributed by atoms with Crippen LogP contribution in [0.3, 0.4) is 0 Å². The second-order valence-corrected chi connectivity index (χ2v) is 10.7. The van der Waals surface area contributed by atoms with Crippen LogP contribution in [0.4, 0.5) is 16.3 Å². The van der Waals surface area contributed by atoms with Gasteiger partial charge in [-0.1, -0.05) is 24.3 Å². The van der Waals surface area contributed by atoms with Gasteiger partial charge in [-0.2, -0.15) is 5.26 Å². The van der Waals surface area contributed by atoms with E-state index >= 15 is 0 Å². The summed E-state index contributed by atoms with van der Waals surface area (Å²) in [6, 6.07) is 17.5. The first-order valence-electron chi connectivity index (χ1n) is 14.1. The third kappa shape index (κ3) is 5.27. The standard InChI is InChI=1S/C31H33N7O3/c1-41-24-6-7-26-22(18-24)10-16-37(31(40)35-26)23-11-14-36(15-12-23)29-19-27(33-20-34-29)30(39)38-17-9-21-4-2-3-5-25(21)28(38)8-13-32/h2-7,18-20,23,28H,8-12,14-17H2,1H3,(H,35,40). The number of nitriles is 1. The van der Waals surface area contributed by atoms with Crippen LogP contribution in [0.25, 0.3) is 0 Å². The second-order valence-electron chi connectivity index (χ2n) is 10.7. The average molecular weight is 552 g/mol. The number of carbonyl (C=O) groups is 2. The van der Waals surface area contributed by atoms with Gasteiger partial charge >= 0.3 is 6.03 Å². The summed E-state index contributed by atoms with van der Waals surface area (Å²) in [7, 11) is 1.64. The molecule has 3 aromatic rings. The van der Waals surface area contributed by atoms with Crippen molar-refractivity contribution in [3.63, 3.8) is 0 Å². The lowest BCUT2D eigenvalue weighted by Gasteiger charge is -2.38. The van der Waals surface area contributed by atoms with Gasteiger partial charge in [-0.05, 0) is 60.6 Å². The number of rotatable bonds is 5. The average Bonchev–Trinajstić information content (AvgIpc) is 3.18. The summed E-state index contributed by atoms with van der Waals surface area (Å²) in [6.07, 6.45) is 4.78. The van der Waals surface area contributed by atoms with E-state index in [0.29, 0.717) is 37.7 Å². The number of amides is 3. The second kappa shape index (κ2) is 11.5. The van der Waals surface area contributed by atoms with E-state index in [2.05, 4.69) is 32.3 Å². The summed E-state index contributed by atoms with van der Waals surface area (Å²) in [5.74, 6) is 1.31. The Morgan fingerprint density at radius 3 is 2.66 bits per heavy atom. The summed E-state index contributed by atoms with van der Waals surface area (Å²) in [4.78, 5) is 41.4. The SMILES string of the molecule is COc1ccc2c(c1)CCN(C1CCN(c3cc(C(=O)N4CCc5ccccc5C4CC#N)ncn3)CC1)C(=O)N2. The molecule has 10 heteroatoms. The minimum absolute atomic E-state index is 0.0719. The number of hydrogen-bond acceptors (Lipinski definition) is 7. The van der Waals surface area contributed by atoms with E-state index in [1.807, 2.05) is 41.3 Å². The first kappa shape index (κ1) is 26.6. The highest BCUT2D eigenvalue weighted by Crippen LogP contribution is 2.33. The molecule has 210 valence electrons. The Hall–Kier alpha value is -4.65. The molecule has 3 amide bonds. The molecule has 3 aliphatic heterocycles. The smallest absolute Gasteiger partial charge is 0.322 e.